The lowest BCUT2D eigenvalue weighted by atomic mass is 9.33. The van der Waals surface area contributed by atoms with Crippen LogP contribution in [0.4, 0.5) is 0 Å². The van der Waals surface area contributed by atoms with Crippen LogP contribution in [0.25, 0.3) is 0 Å². The van der Waals surface area contributed by atoms with E-state index < -0.39 is 174 Å². The minimum Gasteiger partial charge on any atom is -0.457 e. The topological polar surface area (TPSA) is 369 Å². The summed E-state index contributed by atoms with van der Waals surface area (Å²) in [5.41, 5.74) is -2.33. The molecule has 24 nitrogen and oxygen atoms in total. The van der Waals surface area contributed by atoms with E-state index >= 15 is 4.79 Å². The SMILES string of the molecule is CC1O[C@H](OC(=O)[C@]23CCC(C)(C)CC2C2=CCC4C5(C)CC[C@H](O[C@@H]6OC(C(=O)NCCCCCCCCc7ccc(Oc8ccccc8)cc7)[C@@H](O)[C@H](O)C6O)[C@](C)(C=O)[C@@H]5CCC4(C)[C@]2(C)CC3O)C(O[C@@H]2OC(C)[C@H](O[C@@H]3OC[C@@H](O)[C@H](O)C3O)[C@H](O)C2O)[C@@H](O)[C@H]1O. The quantitative estimate of drug-likeness (QED) is 0.0272. The van der Waals surface area contributed by atoms with Crippen LogP contribution in [-0.4, -0.2) is 216 Å². The zero-order chi connectivity index (χ0) is 69.9. The van der Waals surface area contributed by atoms with Gasteiger partial charge in [0.15, 0.2) is 31.1 Å². The van der Waals surface area contributed by atoms with Crippen molar-refractivity contribution in [3.63, 3.8) is 0 Å². The number of allylic oxidation sites excluding steroid dienone is 2. The molecule has 0 radical (unpaired) electrons. The van der Waals surface area contributed by atoms with Gasteiger partial charge in [0.2, 0.25) is 6.29 Å². The van der Waals surface area contributed by atoms with Gasteiger partial charge in [0.05, 0.1) is 36.4 Å². The van der Waals surface area contributed by atoms with E-state index in [-0.39, 0.29) is 36.7 Å². The maximum atomic E-state index is 15.6. The van der Waals surface area contributed by atoms with Crippen molar-refractivity contribution < 1.29 is 113 Å². The Morgan fingerprint density at radius 2 is 1.23 bits per heavy atom. The summed E-state index contributed by atoms with van der Waals surface area (Å²) in [6.07, 6.45) is -18.5. The molecule has 97 heavy (non-hydrogen) atoms. The number of aliphatic hydroxyl groups excluding tert-OH is 11. The Labute approximate surface area is 568 Å². The number of esters is 1. The lowest BCUT2D eigenvalue weighted by Crippen LogP contribution is -2.69. The third kappa shape index (κ3) is 13.9. The lowest BCUT2D eigenvalue weighted by Gasteiger charge is -2.71. The van der Waals surface area contributed by atoms with E-state index in [0.29, 0.717) is 57.9 Å². The van der Waals surface area contributed by atoms with Crippen LogP contribution in [-0.2, 0) is 58.7 Å². The molecule has 4 aliphatic heterocycles. The largest absolute Gasteiger partial charge is 0.457 e. The number of carbonyl (C=O) groups excluding carboxylic acids is 3. The number of unbranched alkanes of at least 4 members (excludes halogenated alkanes) is 5. The first-order valence-electron chi connectivity index (χ1n) is 35.4. The van der Waals surface area contributed by atoms with Gasteiger partial charge in [0.25, 0.3) is 5.91 Å². The number of amides is 1. The molecule has 4 saturated heterocycles. The molecule has 8 fully saturated rings. The van der Waals surface area contributed by atoms with Crippen molar-refractivity contribution in [1.29, 1.82) is 0 Å². The van der Waals surface area contributed by atoms with Gasteiger partial charge in [-0.2, -0.15) is 0 Å². The average molecular weight is 1370 g/mol. The number of benzene rings is 2. The number of rotatable bonds is 21. The van der Waals surface area contributed by atoms with Crippen molar-refractivity contribution in [2.75, 3.05) is 13.2 Å². The number of fused-ring (bicyclic) bond motifs is 7. The van der Waals surface area contributed by atoms with Gasteiger partial charge >= 0.3 is 5.97 Å². The van der Waals surface area contributed by atoms with Crippen LogP contribution in [0.3, 0.4) is 0 Å². The highest BCUT2D eigenvalue weighted by atomic mass is 16.8. The molecule has 24 heteroatoms. The van der Waals surface area contributed by atoms with Gasteiger partial charge < -0.3 is 109 Å². The normalized spacial score (nSPS) is 45.6. The number of hydrogen-bond donors (Lipinski definition) is 12. The second-order valence-corrected chi connectivity index (χ2v) is 31.5. The van der Waals surface area contributed by atoms with Crippen LogP contribution in [0.1, 0.15) is 157 Å². The number of carbonyl (C=O) groups is 3. The van der Waals surface area contributed by atoms with Gasteiger partial charge in [-0.3, -0.25) is 9.59 Å². The predicted octanol–water partition coefficient (Wildman–Crippen LogP) is 4.31. The molecule has 12 N–H and O–H groups in total. The molecule has 542 valence electrons. The summed E-state index contributed by atoms with van der Waals surface area (Å²) in [6.45, 7) is 15.7. The van der Waals surface area contributed by atoms with Crippen LogP contribution < -0.4 is 10.1 Å². The Kier molecular flexibility index (Phi) is 22.4. The van der Waals surface area contributed by atoms with Crippen molar-refractivity contribution >= 4 is 18.2 Å². The summed E-state index contributed by atoms with van der Waals surface area (Å²) in [5.74, 6) is -0.693. The summed E-state index contributed by atoms with van der Waals surface area (Å²) in [6, 6.07) is 17.8. The first-order valence-corrected chi connectivity index (χ1v) is 35.4. The molecule has 1 amide bonds. The Morgan fingerprint density at radius 1 is 0.598 bits per heavy atom. The molecule has 0 bridgehead atoms. The van der Waals surface area contributed by atoms with Gasteiger partial charge in [-0.1, -0.05) is 109 Å². The molecule has 12 unspecified atom stereocenters. The first kappa shape index (κ1) is 74.1. The summed E-state index contributed by atoms with van der Waals surface area (Å²) < 4.78 is 54.3. The molecule has 11 rings (SSSR count). The predicted molar refractivity (Wildman–Crippen MR) is 346 cm³/mol. The van der Waals surface area contributed by atoms with Gasteiger partial charge in [0, 0.05) is 6.54 Å². The van der Waals surface area contributed by atoms with Crippen LogP contribution in [0.2, 0.25) is 0 Å². The van der Waals surface area contributed by atoms with E-state index in [9.17, 15) is 65.8 Å². The molecule has 2 aromatic carbocycles. The van der Waals surface area contributed by atoms with Crippen molar-refractivity contribution in [3.8, 4) is 11.5 Å². The van der Waals surface area contributed by atoms with Gasteiger partial charge in [-0.15, -0.1) is 0 Å². The van der Waals surface area contributed by atoms with Gasteiger partial charge in [-0.05, 0) is 160 Å². The fourth-order valence-electron chi connectivity index (χ4n) is 18.9. The van der Waals surface area contributed by atoms with Crippen molar-refractivity contribution in [1.82, 2.24) is 5.32 Å². The maximum Gasteiger partial charge on any atom is 0.317 e. The number of aldehydes is 1. The fraction of sp³-hybridized carbons (Fsp3) is 0.767. The highest BCUT2D eigenvalue weighted by Gasteiger charge is 2.73. The molecule has 29 atom stereocenters. The number of hydrogen-bond acceptors (Lipinski definition) is 23. The second-order valence-electron chi connectivity index (χ2n) is 31.5. The third-order valence-corrected chi connectivity index (χ3v) is 25.0. The maximum absolute atomic E-state index is 15.6. The van der Waals surface area contributed by atoms with E-state index in [4.69, 9.17) is 42.6 Å². The first-order chi connectivity index (χ1) is 45.9. The Morgan fingerprint density at radius 3 is 1.94 bits per heavy atom. The highest BCUT2D eigenvalue weighted by molar-refractivity contribution is 5.82. The number of para-hydroxylation sites is 1. The minimum atomic E-state index is -1.91. The number of aryl methyl sites for hydroxylation is 1. The smallest absolute Gasteiger partial charge is 0.317 e. The summed E-state index contributed by atoms with van der Waals surface area (Å²) >= 11 is 0. The number of aliphatic hydroxyl groups is 11. The zero-order valence-corrected chi connectivity index (χ0v) is 57.3. The summed E-state index contributed by atoms with van der Waals surface area (Å²) in [7, 11) is 0. The zero-order valence-electron chi connectivity index (χ0n) is 57.3. The molecule has 4 saturated carbocycles. The number of nitrogens with one attached hydrogen (secondary N) is 1. The van der Waals surface area contributed by atoms with E-state index in [2.05, 4.69) is 58.1 Å². The van der Waals surface area contributed by atoms with Crippen LogP contribution in [0, 0.1) is 50.2 Å². The van der Waals surface area contributed by atoms with Crippen molar-refractivity contribution in [2.24, 2.45) is 50.2 Å². The molecule has 0 spiro atoms. The Balaban J connectivity index is 0.723. The molecular formula is C73H107NO23. The second kappa shape index (κ2) is 29.3. The minimum absolute atomic E-state index is 0.0364. The molecule has 4 heterocycles. The summed E-state index contributed by atoms with van der Waals surface area (Å²) in [5, 5.41) is 126. The van der Waals surface area contributed by atoms with Crippen molar-refractivity contribution in [3.05, 3.63) is 71.8 Å². The van der Waals surface area contributed by atoms with Crippen LogP contribution in [0.15, 0.2) is 66.2 Å². The Hall–Kier alpha value is -4.13. The van der Waals surface area contributed by atoms with Gasteiger partial charge in [0.1, 0.15) is 90.3 Å². The fourth-order valence-corrected chi connectivity index (χ4v) is 18.9. The van der Waals surface area contributed by atoms with Crippen molar-refractivity contribution in [2.45, 2.75) is 287 Å². The van der Waals surface area contributed by atoms with E-state index in [1.165, 1.54) is 19.4 Å². The Bertz CT molecular complexity index is 3050. The van der Waals surface area contributed by atoms with E-state index in [1.54, 1.807) is 0 Å². The highest BCUT2D eigenvalue weighted by Crippen LogP contribution is 2.76. The molecular weight excluding hydrogens is 1260 g/mol. The molecule has 5 aliphatic carbocycles. The van der Waals surface area contributed by atoms with E-state index in [0.717, 1.165) is 61.9 Å². The summed E-state index contributed by atoms with van der Waals surface area (Å²) in [4.78, 5) is 43.1. The van der Waals surface area contributed by atoms with Crippen LogP contribution >= 0.6 is 0 Å². The monoisotopic (exact) mass is 1370 g/mol. The third-order valence-electron chi connectivity index (χ3n) is 25.0. The van der Waals surface area contributed by atoms with Crippen LogP contribution in [0.5, 0.6) is 11.5 Å². The molecule has 9 aliphatic rings. The molecule has 0 aromatic heterocycles. The van der Waals surface area contributed by atoms with Gasteiger partial charge in [-0.25, -0.2) is 0 Å². The molecule has 2 aromatic rings. The number of ether oxygens (including phenoxy) is 9. The lowest BCUT2D eigenvalue weighted by molar-refractivity contribution is -0.373. The average Bonchev–Trinajstić information content (AvgIpc) is 0.672. The standard InChI is InChI=1S/C73H107NO23/c1-38-50(78)53(81)61(96-64-58(86)55(83)59(39(2)91-64)94-63-56(84)51(79)45(76)36-89-63)66(90-38)97-67(88)73-32-31-68(3,4)34-44(73)43-25-26-47-69(5)29-28-49(70(6,37-75)46(69)27-30-71(47,7)72(43,8)35-48(73)77)93-65-57(85)52(80)54(82)60(95-65)62(87)74-33-17-12-10-9-11-14-18-40-21-23-42(24-22-40)92-41-19-15-13-16-20-41/h13,15-16,19-25,37-39,44-61,63-66,76-86H,9-12,14,17-18,26-36H2,1-8H3,(H,74,87)/t38?,39?,44?,45-,46-,47?,48?,49+,50+,51+,52+,53+,54+,55-,56?,57?,58?,59+,60?,61?,63+,64+,65-,66-,69?,70-,71?,72-,73-/m1/s1. The van der Waals surface area contributed by atoms with E-state index in [1.807, 2.05) is 49.4 Å².